The van der Waals surface area contributed by atoms with Crippen molar-refractivity contribution in [3.8, 4) is 0 Å². The molecule has 0 saturated heterocycles. The zero-order valence-corrected chi connectivity index (χ0v) is 9.95. The van der Waals surface area contributed by atoms with E-state index >= 15 is 0 Å². The minimum atomic E-state index is 0. The second-order valence-corrected chi connectivity index (χ2v) is 0. The first kappa shape index (κ1) is 54.9. The number of aliphatic hydroxyl groups excluding tert-OH is 1. The average Bonchev–Trinajstić information content (AvgIpc) is 1.00. The molecule has 0 aliphatic carbocycles. The molecule has 0 amide bonds. The van der Waals surface area contributed by atoms with Gasteiger partial charge in [0.05, 0.1) is 0 Å². The topological polar surface area (TPSA) is 106 Å². The summed E-state index contributed by atoms with van der Waals surface area (Å²) >= 11 is 0. The fraction of sp³-hybridized carbons (Fsp3) is 1.00. The van der Waals surface area contributed by atoms with Crippen LogP contribution in [0.3, 0.4) is 0 Å². The molecule has 0 aromatic rings. The maximum Gasteiger partial charge on any atom is 3.00 e. The zero-order valence-electron chi connectivity index (χ0n) is 3.67. The van der Waals surface area contributed by atoms with E-state index in [0.29, 0.717) is 0 Å². The Morgan fingerprint density at radius 3 is 0.714 bits per heavy atom. The van der Waals surface area contributed by atoms with Gasteiger partial charge in [-0.15, -0.1) is 0 Å². The molecule has 0 unspecified atom stereocenters. The fourth-order valence-electron chi connectivity index (χ4n) is 0. The van der Waals surface area contributed by atoms with Crippen LogP contribution in [0.5, 0.6) is 0 Å². The number of hydrogen-bond acceptors (Lipinski definition) is 1. The van der Waals surface area contributed by atoms with Crippen molar-refractivity contribution in [1.29, 1.82) is 0 Å². The third-order valence-corrected chi connectivity index (χ3v) is 0. The van der Waals surface area contributed by atoms with E-state index in [-0.39, 0.29) is 99.9 Å². The first-order valence-corrected chi connectivity index (χ1v) is 0.447. The fourth-order valence-corrected chi connectivity index (χ4v) is 0. The second-order valence-electron chi connectivity index (χ2n) is 0. The first-order valence-electron chi connectivity index (χ1n) is 0.447. The van der Waals surface area contributed by atoms with Crippen LogP contribution in [0.2, 0.25) is 0 Å². The van der Waals surface area contributed by atoms with Crippen molar-refractivity contribution in [2.75, 3.05) is 7.11 Å². The molecule has 0 aromatic heterocycles. The van der Waals surface area contributed by atoms with E-state index < -0.39 is 0 Å². The van der Waals surface area contributed by atoms with E-state index in [2.05, 4.69) is 0 Å². The Morgan fingerprint density at radius 1 is 0.714 bits per heavy atom. The number of hydrogen-bond donors (Lipinski definition) is 1. The van der Waals surface area contributed by atoms with Gasteiger partial charge >= 0.3 is 83.5 Å². The molecule has 0 heterocycles. The van der Waals surface area contributed by atoms with E-state index in [1.807, 2.05) is 0 Å². The molecule has 0 rings (SSSR count). The van der Waals surface area contributed by atoms with E-state index in [4.69, 9.17) is 5.11 Å². The Labute approximate surface area is 110 Å². The maximum absolute atomic E-state index is 7.00. The predicted molar refractivity (Wildman–Crippen MR) is 10.2 cm³/mol. The van der Waals surface area contributed by atoms with Crippen molar-refractivity contribution in [3.63, 3.8) is 0 Å². The molecule has 7 heavy (non-hydrogen) atoms. The van der Waals surface area contributed by atoms with Crippen molar-refractivity contribution in [2.24, 2.45) is 0 Å². The Kier molecular flexibility index (Phi) is 577. The molecule has 0 aromatic carbocycles. The Hall–Kier alpha value is 2.59. The largest absolute Gasteiger partial charge is 3.00 e. The molecular weight excluding hydrogens is 356 g/mol. The molecule has 0 bridgehead atoms. The van der Waals surface area contributed by atoms with Gasteiger partial charge in [0, 0.05) is 7.11 Å². The minimum Gasteiger partial charge on any atom is -2.00 e. The minimum absolute atomic E-state index is 0. The molecule has 0 aliphatic heterocycles. The van der Waals surface area contributed by atoms with Crippen LogP contribution < -0.4 is 0 Å². The van der Waals surface area contributed by atoms with Crippen LogP contribution in [0.4, 0.5) is 0 Å². The zero-order chi connectivity index (χ0) is 2.00. The van der Waals surface area contributed by atoms with Crippen molar-refractivity contribution in [2.45, 2.75) is 0 Å². The quantitative estimate of drug-likeness (QED) is 0.603. The summed E-state index contributed by atoms with van der Waals surface area (Å²) in [5, 5.41) is 7.00. The molecule has 40 valence electrons. The van der Waals surface area contributed by atoms with Crippen LogP contribution in [-0.2, 0) is 16.4 Å². The van der Waals surface area contributed by atoms with Crippen molar-refractivity contribution < 1.29 is 105 Å². The molecule has 1 N–H and O–H groups in total. The van der Waals surface area contributed by atoms with Crippen LogP contribution in [-0.4, -0.2) is 12.2 Å². The van der Waals surface area contributed by atoms with E-state index in [0.717, 1.165) is 7.11 Å². The predicted octanol–water partition coefficient (Wildman–Crippen LogP) is -0.748. The average molecular weight is 360 g/mol. The summed E-state index contributed by atoms with van der Waals surface area (Å²) < 4.78 is 0. The summed E-state index contributed by atoms with van der Waals surface area (Å²) in [6.07, 6.45) is 0. The van der Waals surface area contributed by atoms with Gasteiger partial charge in [-0.05, 0) is 0 Å². The maximum atomic E-state index is 7.00. The van der Waals surface area contributed by atoms with Crippen LogP contribution in [0, 0.1) is 83.5 Å². The Morgan fingerprint density at radius 2 is 0.714 bits per heavy atom. The Bertz CT molecular complexity index is 9.65. The van der Waals surface area contributed by atoms with E-state index in [9.17, 15) is 0 Å². The third-order valence-electron chi connectivity index (χ3n) is 0. The summed E-state index contributed by atoms with van der Waals surface area (Å²) in [4.78, 5) is 0. The van der Waals surface area contributed by atoms with Gasteiger partial charge in [0.1, 0.15) is 0 Å². The van der Waals surface area contributed by atoms with Gasteiger partial charge in [-0.25, -0.2) is 0 Å². The first-order chi connectivity index (χ1) is 1.00. The molecule has 0 atom stereocenters. The monoisotopic (exact) mass is 360 g/mol. The van der Waals surface area contributed by atoms with Gasteiger partial charge in [0.2, 0.25) is 0 Å². The van der Waals surface area contributed by atoms with Crippen molar-refractivity contribution in [1.82, 2.24) is 0 Å². The summed E-state index contributed by atoms with van der Waals surface area (Å²) in [7, 11) is 1.00. The summed E-state index contributed by atoms with van der Waals surface area (Å²) in [5.74, 6) is 0. The normalized spacial score (nSPS) is 0.857. The molecule has 0 saturated carbocycles. The van der Waals surface area contributed by atoms with Crippen LogP contribution in [0.15, 0.2) is 0 Å². The van der Waals surface area contributed by atoms with E-state index in [1.165, 1.54) is 0 Å². The molecule has 0 spiro atoms. The number of aliphatic hydroxyl groups is 1. The number of rotatable bonds is 0. The smallest absolute Gasteiger partial charge is 2.00 e. The van der Waals surface area contributed by atoms with Gasteiger partial charge < -0.3 is 21.5 Å². The molecule has 6 heteroatoms. The second kappa shape index (κ2) is 73.7. The van der Waals surface area contributed by atoms with Crippen molar-refractivity contribution in [3.05, 3.63) is 0 Å². The van der Waals surface area contributed by atoms with Crippen LogP contribution >= 0.6 is 0 Å². The van der Waals surface area contributed by atoms with Gasteiger partial charge in [0.25, 0.3) is 0 Å². The standard InChI is InChI=1S/CH4O.2Ce.3O/c1-2;;;;;/h2H,1H3;;;;;/q;2*+3;3*-2. The molecule has 2 radical (unpaired) electrons. The molecular formula is CH4Ce2O4. The summed E-state index contributed by atoms with van der Waals surface area (Å²) in [5.41, 5.74) is 0. The molecule has 4 nitrogen and oxygen atoms in total. The van der Waals surface area contributed by atoms with Gasteiger partial charge in [-0.1, -0.05) is 0 Å². The summed E-state index contributed by atoms with van der Waals surface area (Å²) in [6, 6.07) is 0. The Balaban J connectivity index is -0.000000000500. The van der Waals surface area contributed by atoms with Crippen LogP contribution in [0.25, 0.3) is 0 Å². The third kappa shape index (κ3) is 55.5. The van der Waals surface area contributed by atoms with Gasteiger partial charge in [-0.3, -0.25) is 0 Å². The van der Waals surface area contributed by atoms with E-state index in [1.54, 1.807) is 0 Å². The van der Waals surface area contributed by atoms with Crippen LogP contribution in [0.1, 0.15) is 0 Å². The van der Waals surface area contributed by atoms with Crippen molar-refractivity contribution >= 4 is 0 Å². The van der Waals surface area contributed by atoms with Gasteiger partial charge in [0.15, 0.2) is 0 Å². The summed E-state index contributed by atoms with van der Waals surface area (Å²) in [6.45, 7) is 0. The van der Waals surface area contributed by atoms with Gasteiger partial charge in [-0.2, -0.15) is 0 Å². The molecule has 0 aliphatic rings. The molecule has 0 fully saturated rings. The SMILES string of the molecule is CO.[Ce+3].[Ce+3].[O-2].[O-2].[O-2].